The van der Waals surface area contributed by atoms with Crippen molar-refractivity contribution in [2.75, 3.05) is 0 Å². The van der Waals surface area contributed by atoms with Gasteiger partial charge in [-0.15, -0.1) is 0 Å². The second kappa shape index (κ2) is 5.70. The first-order chi connectivity index (χ1) is 9.09. The minimum Gasteiger partial charge on any atom is -0.481 e. The zero-order chi connectivity index (χ0) is 13.8. The van der Waals surface area contributed by atoms with Crippen molar-refractivity contribution in [3.05, 3.63) is 71.3 Å². The molecular weight excluding hydrogens is 236 g/mol. The Balaban J connectivity index is 2.31. The number of hydrogen-bond donors (Lipinski definition) is 1. The van der Waals surface area contributed by atoms with Crippen molar-refractivity contribution in [2.24, 2.45) is 0 Å². The van der Waals surface area contributed by atoms with Crippen LogP contribution in [0.15, 0.2) is 54.6 Å². The largest absolute Gasteiger partial charge is 0.481 e. The van der Waals surface area contributed by atoms with Gasteiger partial charge in [-0.25, -0.2) is 0 Å². The molecule has 0 aromatic heterocycles. The van der Waals surface area contributed by atoms with Gasteiger partial charge >= 0.3 is 5.97 Å². The Morgan fingerprint density at radius 3 is 2.11 bits per heavy atom. The molecule has 0 saturated heterocycles. The molecular formula is C17H18O2. The molecule has 1 N–H and O–H groups in total. The van der Waals surface area contributed by atoms with Crippen molar-refractivity contribution in [1.82, 2.24) is 0 Å². The molecule has 2 heteroatoms. The monoisotopic (exact) mass is 254 g/mol. The fourth-order valence-electron chi connectivity index (χ4n) is 2.17. The van der Waals surface area contributed by atoms with Gasteiger partial charge in [-0.2, -0.15) is 0 Å². The van der Waals surface area contributed by atoms with Gasteiger partial charge in [-0.3, -0.25) is 4.79 Å². The second-order valence-corrected chi connectivity index (χ2v) is 4.86. The first-order valence-corrected chi connectivity index (χ1v) is 6.47. The van der Waals surface area contributed by atoms with Gasteiger partial charge in [-0.1, -0.05) is 61.5 Å². The maximum atomic E-state index is 11.1. The van der Waals surface area contributed by atoms with Crippen molar-refractivity contribution in [1.29, 1.82) is 0 Å². The van der Waals surface area contributed by atoms with E-state index in [1.807, 2.05) is 36.4 Å². The van der Waals surface area contributed by atoms with Crippen LogP contribution in [0, 0.1) is 0 Å². The highest BCUT2D eigenvalue weighted by Crippen LogP contribution is 2.26. The normalized spacial score (nSPS) is 13.8. The molecule has 0 aliphatic carbocycles. The molecule has 2 aromatic carbocycles. The summed E-state index contributed by atoms with van der Waals surface area (Å²) in [5.41, 5.74) is 3.24. The van der Waals surface area contributed by atoms with Crippen LogP contribution in [0.5, 0.6) is 0 Å². The Hall–Kier alpha value is -2.09. The van der Waals surface area contributed by atoms with E-state index in [2.05, 4.69) is 25.1 Å². The molecule has 2 aromatic rings. The van der Waals surface area contributed by atoms with Gasteiger partial charge < -0.3 is 5.11 Å². The molecule has 19 heavy (non-hydrogen) atoms. The highest BCUT2D eigenvalue weighted by Gasteiger charge is 2.15. The summed E-state index contributed by atoms with van der Waals surface area (Å²) in [4.78, 5) is 11.1. The van der Waals surface area contributed by atoms with Crippen LogP contribution < -0.4 is 0 Å². The molecule has 2 atom stereocenters. The molecule has 0 unspecified atom stereocenters. The average molecular weight is 254 g/mol. The molecule has 0 spiro atoms. The van der Waals surface area contributed by atoms with Gasteiger partial charge in [0.1, 0.15) is 0 Å². The van der Waals surface area contributed by atoms with Crippen LogP contribution >= 0.6 is 0 Å². The lowest BCUT2D eigenvalue weighted by atomic mass is 9.90. The maximum Gasteiger partial charge on any atom is 0.310 e. The van der Waals surface area contributed by atoms with Gasteiger partial charge in [0.2, 0.25) is 0 Å². The van der Waals surface area contributed by atoms with Crippen LogP contribution in [-0.2, 0) is 4.79 Å². The van der Waals surface area contributed by atoms with E-state index in [0.29, 0.717) is 0 Å². The molecule has 98 valence electrons. The molecule has 0 radical (unpaired) electrons. The highest BCUT2D eigenvalue weighted by molar-refractivity contribution is 5.75. The molecule has 2 rings (SSSR count). The van der Waals surface area contributed by atoms with Gasteiger partial charge in [0, 0.05) is 5.92 Å². The first-order valence-electron chi connectivity index (χ1n) is 6.47. The summed E-state index contributed by atoms with van der Waals surface area (Å²) in [6.45, 7) is 3.86. The van der Waals surface area contributed by atoms with Crippen LogP contribution in [0.2, 0.25) is 0 Å². The lowest BCUT2D eigenvalue weighted by Crippen LogP contribution is -2.08. The number of carboxylic acids is 1. The summed E-state index contributed by atoms with van der Waals surface area (Å²) >= 11 is 0. The van der Waals surface area contributed by atoms with Crippen LogP contribution in [0.25, 0.3) is 0 Å². The summed E-state index contributed by atoms with van der Waals surface area (Å²) in [6, 6.07) is 18.1. The Morgan fingerprint density at radius 1 is 0.895 bits per heavy atom. The summed E-state index contributed by atoms with van der Waals surface area (Å²) in [7, 11) is 0. The number of hydrogen-bond acceptors (Lipinski definition) is 1. The van der Waals surface area contributed by atoms with Crippen molar-refractivity contribution in [3.63, 3.8) is 0 Å². The predicted octanol–water partition coefficient (Wildman–Crippen LogP) is 4.03. The third kappa shape index (κ3) is 3.02. The molecule has 0 bridgehead atoms. The Kier molecular flexibility index (Phi) is 4.00. The van der Waals surface area contributed by atoms with E-state index in [4.69, 9.17) is 5.11 Å². The minimum absolute atomic E-state index is 0.266. The SMILES string of the molecule is C[C@@H](c1ccccc1)c1cccc([C@H](C)C(=O)O)c1. The van der Waals surface area contributed by atoms with E-state index < -0.39 is 11.9 Å². The van der Waals surface area contributed by atoms with Crippen molar-refractivity contribution in [2.45, 2.75) is 25.7 Å². The van der Waals surface area contributed by atoms with Crippen molar-refractivity contribution < 1.29 is 9.90 Å². The first kappa shape index (κ1) is 13.3. The van der Waals surface area contributed by atoms with Gasteiger partial charge in [0.25, 0.3) is 0 Å². The number of carboxylic acid groups (broad SMARTS) is 1. The summed E-state index contributed by atoms with van der Waals surface area (Å²) in [5, 5.41) is 9.08. The third-order valence-electron chi connectivity index (χ3n) is 3.58. The zero-order valence-corrected chi connectivity index (χ0v) is 11.2. The van der Waals surface area contributed by atoms with E-state index in [-0.39, 0.29) is 5.92 Å². The van der Waals surface area contributed by atoms with Gasteiger partial charge in [0.05, 0.1) is 5.92 Å². The topological polar surface area (TPSA) is 37.3 Å². The molecule has 0 saturated carbocycles. The van der Waals surface area contributed by atoms with E-state index in [1.54, 1.807) is 6.92 Å². The summed E-state index contributed by atoms with van der Waals surface area (Å²) < 4.78 is 0. The van der Waals surface area contributed by atoms with Crippen molar-refractivity contribution in [3.8, 4) is 0 Å². The van der Waals surface area contributed by atoms with Crippen LogP contribution in [-0.4, -0.2) is 11.1 Å². The average Bonchev–Trinajstić information content (AvgIpc) is 2.46. The van der Waals surface area contributed by atoms with E-state index in [0.717, 1.165) is 11.1 Å². The lowest BCUT2D eigenvalue weighted by molar-refractivity contribution is -0.138. The molecule has 0 fully saturated rings. The van der Waals surface area contributed by atoms with Crippen LogP contribution in [0.1, 0.15) is 42.4 Å². The fraction of sp³-hybridized carbons (Fsp3) is 0.235. The molecule has 0 amide bonds. The van der Waals surface area contributed by atoms with Crippen molar-refractivity contribution >= 4 is 5.97 Å². The number of benzene rings is 2. The van der Waals surface area contributed by atoms with E-state index >= 15 is 0 Å². The molecule has 0 aliphatic rings. The fourth-order valence-corrected chi connectivity index (χ4v) is 2.17. The minimum atomic E-state index is -0.787. The number of carbonyl (C=O) groups is 1. The quantitative estimate of drug-likeness (QED) is 0.894. The summed E-state index contributed by atoms with van der Waals surface area (Å²) in [6.07, 6.45) is 0. The Morgan fingerprint density at radius 2 is 1.47 bits per heavy atom. The zero-order valence-electron chi connectivity index (χ0n) is 11.2. The molecule has 0 aliphatic heterocycles. The predicted molar refractivity (Wildman–Crippen MR) is 76.5 cm³/mol. The van der Waals surface area contributed by atoms with Gasteiger partial charge in [-0.05, 0) is 23.6 Å². The Labute approximate surface area is 113 Å². The van der Waals surface area contributed by atoms with E-state index in [1.165, 1.54) is 5.56 Å². The van der Waals surface area contributed by atoms with Gasteiger partial charge in [0.15, 0.2) is 0 Å². The van der Waals surface area contributed by atoms with E-state index in [9.17, 15) is 4.79 Å². The smallest absolute Gasteiger partial charge is 0.310 e. The maximum absolute atomic E-state index is 11.1. The molecule has 2 nitrogen and oxygen atoms in total. The number of aliphatic carboxylic acids is 1. The number of rotatable bonds is 4. The second-order valence-electron chi connectivity index (χ2n) is 4.86. The highest BCUT2D eigenvalue weighted by atomic mass is 16.4. The third-order valence-corrected chi connectivity index (χ3v) is 3.58. The lowest BCUT2D eigenvalue weighted by Gasteiger charge is -2.15. The molecule has 0 heterocycles. The summed E-state index contributed by atoms with van der Waals surface area (Å²) in [5.74, 6) is -0.991. The van der Waals surface area contributed by atoms with Crippen LogP contribution in [0.3, 0.4) is 0 Å². The van der Waals surface area contributed by atoms with Crippen LogP contribution in [0.4, 0.5) is 0 Å². The Bertz CT molecular complexity index is 560. The standard InChI is InChI=1S/C17H18O2/c1-12(14-7-4-3-5-8-14)15-9-6-10-16(11-15)13(2)17(18)19/h3-13H,1-2H3,(H,18,19)/t12-,13-/m0/s1.